The summed E-state index contributed by atoms with van der Waals surface area (Å²) in [5.41, 5.74) is 2.68. The van der Waals surface area contributed by atoms with Crippen LogP contribution in [-0.4, -0.2) is 46.5 Å². The number of rotatable bonds is 9. The Bertz CT molecular complexity index is 818. The zero-order valence-corrected chi connectivity index (χ0v) is 16.9. The van der Waals surface area contributed by atoms with Gasteiger partial charge in [0.15, 0.2) is 0 Å². The first-order valence-electron chi connectivity index (χ1n) is 9.52. The van der Waals surface area contributed by atoms with Crippen molar-refractivity contribution in [3.05, 3.63) is 58.4 Å². The van der Waals surface area contributed by atoms with Gasteiger partial charge in [-0.3, -0.25) is 0 Å². The third kappa shape index (κ3) is 6.07. The quantitative estimate of drug-likeness (QED) is 0.477. The van der Waals surface area contributed by atoms with Crippen LogP contribution in [0.25, 0.3) is 0 Å². The van der Waals surface area contributed by atoms with E-state index in [4.69, 9.17) is 9.47 Å². The molecular formula is C21H28N2O6. The maximum absolute atomic E-state index is 12.0. The number of nitrogens with one attached hydrogen (secondary N) is 2. The normalized spacial score (nSPS) is 12.9. The Labute approximate surface area is 169 Å². The van der Waals surface area contributed by atoms with E-state index in [2.05, 4.69) is 10.3 Å². The smallest absolute Gasteiger partial charge is 0.407 e. The molecule has 8 heteroatoms. The van der Waals surface area contributed by atoms with Gasteiger partial charge in [0.1, 0.15) is 18.4 Å². The second-order valence-electron chi connectivity index (χ2n) is 6.67. The molecule has 158 valence electrons. The largest absolute Gasteiger partial charge is 0.461 e. The molecule has 0 aliphatic heterocycles. The molecule has 29 heavy (non-hydrogen) atoms. The summed E-state index contributed by atoms with van der Waals surface area (Å²) in [6.45, 7) is 5.61. The first-order valence-corrected chi connectivity index (χ1v) is 9.52. The van der Waals surface area contributed by atoms with Gasteiger partial charge >= 0.3 is 12.1 Å². The van der Waals surface area contributed by atoms with E-state index >= 15 is 0 Å². The van der Waals surface area contributed by atoms with Gasteiger partial charge in [-0.25, -0.2) is 9.59 Å². The molecule has 2 unspecified atom stereocenters. The fraction of sp³-hybridized carbons (Fsp3) is 0.429. The SMILES string of the molecule is CCOC(=O)c1[nH]c(C)c(C(O)C(O)CCNC(=O)OCc2ccccc2)c1C. The number of aryl methyl sites for hydroxylation is 1. The maximum Gasteiger partial charge on any atom is 0.407 e. The van der Waals surface area contributed by atoms with Crippen LogP contribution in [0.4, 0.5) is 4.79 Å². The maximum atomic E-state index is 12.0. The molecule has 0 aliphatic carbocycles. The van der Waals surface area contributed by atoms with Crippen LogP contribution in [0.2, 0.25) is 0 Å². The lowest BCUT2D eigenvalue weighted by Gasteiger charge is -2.19. The number of hydrogen-bond donors (Lipinski definition) is 4. The first kappa shape index (κ1) is 22.4. The van der Waals surface area contributed by atoms with Crippen molar-refractivity contribution in [3.63, 3.8) is 0 Å². The van der Waals surface area contributed by atoms with Crippen molar-refractivity contribution < 1.29 is 29.3 Å². The van der Waals surface area contributed by atoms with E-state index in [0.717, 1.165) is 5.56 Å². The molecule has 1 aromatic carbocycles. The van der Waals surface area contributed by atoms with Gasteiger partial charge in [0.25, 0.3) is 0 Å². The molecule has 0 saturated heterocycles. The standard InChI is InChI=1S/C21H28N2O6/c1-4-28-20(26)18-13(2)17(14(3)23-18)19(25)16(24)10-11-22-21(27)29-12-15-8-6-5-7-9-15/h5-9,16,19,23-25H,4,10-12H2,1-3H3,(H,22,27). The average Bonchev–Trinajstić information content (AvgIpc) is 3.01. The van der Waals surface area contributed by atoms with Crippen LogP contribution in [0.1, 0.15) is 52.3 Å². The van der Waals surface area contributed by atoms with Gasteiger partial charge in [-0.2, -0.15) is 0 Å². The second-order valence-corrected chi connectivity index (χ2v) is 6.67. The summed E-state index contributed by atoms with van der Waals surface area (Å²) in [6, 6.07) is 9.28. The predicted molar refractivity (Wildman–Crippen MR) is 106 cm³/mol. The van der Waals surface area contributed by atoms with Gasteiger partial charge in [-0.05, 0) is 38.3 Å². The number of aliphatic hydroxyl groups is 2. The summed E-state index contributed by atoms with van der Waals surface area (Å²) < 4.78 is 10.1. The highest BCUT2D eigenvalue weighted by Gasteiger charge is 2.27. The van der Waals surface area contributed by atoms with Crippen molar-refractivity contribution >= 4 is 12.1 Å². The highest BCUT2D eigenvalue weighted by molar-refractivity contribution is 5.89. The molecule has 2 rings (SSSR count). The molecule has 2 atom stereocenters. The van der Waals surface area contributed by atoms with E-state index < -0.39 is 24.3 Å². The molecule has 1 amide bonds. The van der Waals surface area contributed by atoms with E-state index in [-0.39, 0.29) is 31.9 Å². The van der Waals surface area contributed by atoms with E-state index in [1.807, 2.05) is 30.3 Å². The minimum atomic E-state index is -1.21. The number of amides is 1. The van der Waals surface area contributed by atoms with Gasteiger partial charge in [0.05, 0.1) is 12.7 Å². The van der Waals surface area contributed by atoms with Crippen LogP contribution in [-0.2, 0) is 16.1 Å². The highest BCUT2D eigenvalue weighted by atomic mass is 16.5. The predicted octanol–water partition coefficient (Wildman–Crippen LogP) is 2.52. The Kier molecular flexibility index (Phi) is 8.23. The fourth-order valence-corrected chi connectivity index (χ4v) is 3.06. The minimum absolute atomic E-state index is 0.112. The van der Waals surface area contributed by atoms with Crippen LogP contribution < -0.4 is 5.32 Å². The Morgan fingerprint density at radius 3 is 2.48 bits per heavy atom. The lowest BCUT2D eigenvalue weighted by molar-refractivity contribution is 0.0129. The number of aliphatic hydroxyl groups excluding tert-OH is 2. The molecule has 4 N–H and O–H groups in total. The molecule has 2 aromatic rings. The fourth-order valence-electron chi connectivity index (χ4n) is 3.06. The molecule has 0 aliphatic rings. The number of alkyl carbamates (subject to hydrolysis) is 1. The third-order valence-corrected chi connectivity index (χ3v) is 4.56. The number of hydrogen-bond acceptors (Lipinski definition) is 6. The number of aromatic nitrogens is 1. The summed E-state index contributed by atoms with van der Waals surface area (Å²) in [7, 11) is 0. The van der Waals surface area contributed by atoms with Gasteiger partial charge < -0.3 is 30.0 Å². The van der Waals surface area contributed by atoms with Crippen molar-refractivity contribution in [2.45, 2.75) is 46.0 Å². The number of carbonyl (C=O) groups excluding carboxylic acids is 2. The minimum Gasteiger partial charge on any atom is -0.461 e. The molecule has 0 radical (unpaired) electrons. The number of carbonyl (C=O) groups is 2. The van der Waals surface area contributed by atoms with Gasteiger partial charge in [0, 0.05) is 17.8 Å². The van der Waals surface area contributed by atoms with Crippen LogP contribution in [0.3, 0.4) is 0 Å². The molecule has 1 heterocycles. The van der Waals surface area contributed by atoms with E-state index in [0.29, 0.717) is 16.8 Å². The topological polar surface area (TPSA) is 121 Å². The molecule has 8 nitrogen and oxygen atoms in total. The number of aromatic amines is 1. The van der Waals surface area contributed by atoms with Crippen molar-refractivity contribution in [2.75, 3.05) is 13.2 Å². The summed E-state index contributed by atoms with van der Waals surface area (Å²) in [4.78, 5) is 26.6. The Morgan fingerprint density at radius 1 is 1.14 bits per heavy atom. The monoisotopic (exact) mass is 404 g/mol. The zero-order valence-electron chi connectivity index (χ0n) is 16.9. The number of esters is 1. The lowest BCUT2D eigenvalue weighted by Crippen LogP contribution is -2.30. The number of H-pyrrole nitrogens is 1. The Hall–Kier alpha value is -2.84. The second kappa shape index (κ2) is 10.6. The lowest BCUT2D eigenvalue weighted by atomic mass is 9.98. The van der Waals surface area contributed by atoms with E-state index in [1.165, 1.54) is 0 Å². The number of ether oxygens (including phenoxy) is 2. The van der Waals surface area contributed by atoms with Crippen molar-refractivity contribution in [1.82, 2.24) is 10.3 Å². The zero-order chi connectivity index (χ0) is 21.4. The van der Waals surface area contributed by atoms with Crippen molar-refractivity contribution in [2.24, 2.45) is 0 Å². The van der Waals surface area contributed by atoms with Gasteiger partial charge in [-0.15, -0.1) is 0 Å². The first-order chi connectivity index (χ1) is 13.8. The van der Waals surface area contributed by atoms with E-state index in [9.17, 15) is 19.8 Å². The van der Waals surface area contributed by atoms with E-state index in [1.54, 1.807) is 20.8 Å². The number of benzene rings is 1. The summed E-state index contributed by atoms with van der Waals surface area (Å²) >= 11 is 0. The van der Waals surface area contributed by atoms with Crippen LogP contribution >= 0.6 is 0 Å². The van der Waals surface area contributed by atoms with Crippen LogP contribution in [0, 0.1) is 13.8 Å². The molecule has 0 bridgehead atoms. The van der Waals surface area contributed by atoms with Gasteiger partial charge in [0.2, 0.25) is 0 Å². The Morgan fingerprint density at radius 2 is 1.83 bits per heavy atom. The summed E-state index contributed by atoms with van der Waals surface area (Å²) in [5.74, 6) is -0.510. The van der Waals surface area contributed by atoms with Crippen molar-refractivity contribution in [1.29, 1.82) is 0 Å². The molecule has 0 spiro atoms. The molecule has 0 fully saturated rings. The van der Waals surface area contributed by atoms with Crippen LogP contribution in [0.5, 0.6) is 0 Å². The average molecular weight is 404 g/mol. The van der Waals surface area contributed by atoms with Gasteiger partial charge in [-0.1, -0.05) is 30.3 Å². The summed E-state index contributed by atoms with van der Waals surface area (Å²) in [5, 5.41) is 23.4. The molecular weight excluding hydrogens is 376 g/mol. The molecule has 1 aromatic heterocycles. The Balaban J connectivity index is 1.85. The third-order valence-electron chi connectivity index (χ3n) is 4.56. The molecule has 0 saturated carbocycles. The van der Waals surface area contributed by atoms with Crippen molar-refractivity contribution in [3.8, 4) is 0 Å². The highest BCUT2D eigenvalue weighted by Crippen LogP contribution is 2.28. The van der Waals surface area contributed by atoms with Crippen LogP contribution in [0.15, 0.2) is 30.3 Å². The summed E-state index contributed by atoms with van der Waals surface area (Å²) in [6.07, 6.45) is -2.83.